The molecule has 2 aromatic rings. The van der Waals surface area contributed by atoms with Crippen LogP contribution in [0.5, 0.6) is 11.5 Å². The summed E-state index contributed by atoms with van der Waals surface area (Å²) in [7, 11) is 1.44. The monoisotopic (exact) mass is 350 g/mol. The first kappa shape index (κ1) is 18.7. The molecule has 0 saturated heterocycles. The van der Waals surface area contributed by atoms with Gasteiger partial charge in [-0.3, -0.25) is 9.59 Å². The Morgan fingerprint density at radius 2 is 1.88 bits per heavy atom. The Morgan fingerprint density at radius 1 is 1.15 bits per heavy atom. The van der Waals surface area contributed by atoms with E-state index >= 15 is 0 Å². The molecule has 132 valence electrons. The fourth-order valence-electron chi connectivity index (χ4n) is 2.20. The fraction of sp³-hybridized carbons (Fsp3) is 0.150. The molecule has 0 aliphatic rings. The van der Waals surface area contributed by atoms with Gasteiger partial charge >= 0.3 is 5.97 Å². The predicted octanol–water partition coefficient (Wildman–Crippen LogP) is 2.84. The van der Waals surface area contributed by atoms with Crippen LogP contribution in [0.15, 0.2) is 54.1 Å². The Morgan fingerprint density at radius 3 is 2.50 bits per heavy atom. The summed E-state index contributed by atoms with van der Waals surface area (Å²) in [6.07, 6.45) is 1.44. The van der Waals surface area contributed by atoms with E-state index in [-0.39, 0.29) is 11.3 Å². The zero-order valence-corrected chi connectivity index (χ0v) is 14.5. The number of carbonyl (C=O) groups excluding carboxylic acids is 2. The van der Waals surface area contributed by atoms with Crippen LogP contribution in [0.4, 0.5) is 0 Å². The molecule has 2 aromatic carbocycles. The standard InChI is InChI=1S/C20H18N2O4/c1-14(23)26-18-9-8-16(11-19(18)25-2)10-17(12-21)20(24)22-13-15-6-4-3-5-7-15/h3-11H,13H2,1-2H3,(H,22,24)/b17-10+. The molecule has 0 saturated carbocycles. The number of benzene rings is 2. The summed E-state index contributed by atoms with van der Waals surface area (Å²) >= 11 is 0. The van der Waals surface area contributed by atoms with Crippen LogP contribution in [-0.2, 0) is 16.1 Å². The van der Waals surface area contributed by atoms with Crippen molar-refractivity contribution in [1.29, 1.82) is 5.26 Å². The summed E-state index contributed by atoms with van der Waals surface area (Å²) in [5, 5.41) is 12.0. The molecule has 2 rings (SSSR count). The molecular weight excluding hydrogens is 332 g/mol. The van der Waals surface area contributed by atoms with Gasteiger partial charge < -0.3 is 14.8 Å². The molecular formula is C20H18N2O4. The van der Waals surface area contributed by atoms with E-state index in [0.717, 1.165) is 5.56 Å². The Balaban J connectivity index is 2.15. The van der Waals surface area contributed by atoms with Crippen LogP contribution in [0.1, 0.15) is 18.1 Å². The summed E-state index contributed by atoms with van der Waals surface area (Å²) in [6.45, 7) is 1.62. The minimum absolute atomic E-state index is 0.0387. The number of nitriles is 1. The van der Waals surface area contributed by atoms with E-state index in [9.17, 15) is 14.9 Å². The van der Waals surface area contributed by atoms with Gasteiger partial charge in [-0.15, -0.1) is 0 Å². The van der Waals surface area contributed by atoms with Gasteiger partial charge in [0.1, 0.15) is 11.6 Å². The van der Waals surface area contributed by atoms with Crippen LogP contribution in [0.3, 0.4) is 0 Å². The summed E-state index contributed by atoms with van der Waals surface area (Å²) in [5.74, 6) is -0.343. The molecule has 1 amide bonds. The highest BCUT2D eigenvalue weighted by molar-refractivity contribution is 6.01. The number of hydrogen-bond donors (Lipinski definition) is 1. The predicted molar refractivity (Wildman–Crippen MR) is 96.2 cm³/mol. The maximum atomic E-state index is 12.2. The average Bonchev–Trinajstić information content (AvgIpc) is 2.65. The minimum atomic E-state index is -0.473. The lowest BCUT2D eigenvalue weighted by atomic mass is 10.1. The molecule has 0 unspecified atom stereocenters. The van der Waals surface area contributed by atoms with Crippen LogP contribution < -0.4 is 14.8 Å². The lowest BCUT2D eigenvalue weighted by molar-refractivity contribution is -0.132. The molecule has 0 aliphatic carbocycles. The average molecular weight is 350 g/mol. The van der Waals surface area contributed by atoms with Gasteiger partial charge in [0.15, 0.2) is 11.5 Å². The van der Waals surface area contributed by atoms with Crippen molar-refractivity contribution in [2.45, 2.75) is 13.5 Å². The number of carbonyl (C=O) groups is 2. The van der Waals surface area contributed by atoms with Gasteiger partial charge in [0.2, 0.25) is 0 Å². The molecule has 0 radical (unpaired) electrons. The molecule has 0 bridgehead atoms. The van der Waals surface area contributed by atoms with Gasteiger partial charge in [-0.1, -0.05) is 36.4 Å². The second kappa shape index (κ2) is 9.04. The number of esters is 1. The lowest BCUT2D eigenvalue weighted by Crippen LogP contribution is -2.23. The van der Waals surface area contributed by atoms with Gasteiger partial charge in [-0.05, 0) is 29.3 Å². The first-order valence-electron chi connectivity index (χ1n) is 7.84. The first-order valence-corrected chi connectivity index (χ1v) is 7.84. The van der Waals surface area contributed by atoms with Crippen molar-refractivity contribution in [1.82, 2.24) is 5.32 Å². The summed E-state index contributed by atoms with van der Waals surface area (Å²) < 4.78 is 10.2. The molecule has 0 atom stereocenters. The topological polar surface area (TPSA) is 88.4 Å². The molecule has 6 heteroatoms. The van der Waals surface area contributed by atoms with E-state index in [4.69, 9.17) is 9.47 Å². The van der Waals surface area contributed by atoms with Crippen molar-refractivity contribution < 1.29 is 19.1 Å². The number of amides is 1. The van der Waals surface area contributed by atoms with E-state index in [1.165, 1.54) is 20.1 Å². The molecule has 1 N–H and O–H groups in total. The minimum Gasteiger partial charge on any atom is -0.493 e. The Labute approximate surface area is 151 Å². The van der Waals surface area contributed by atoms with E-state index in [2.05, 4.69) is 5.32 Å². The number of nitrogens with one attached hydrogen (secondary N) is 1. The second-order valence-electron chi connectivity index (χ2n) is 5.34. The van der Waals surface area contributed by atoms with Crippen molar-refractivity contribution >= 4 is 18.0 Å². The van der Waals surface area contributed by atoms with Crippen LogP contribution in [0.2, 0.25) is 0 Å². The summed E-state index contributed by atoms with van der Waals surface area (Å²) in [5.41, 5.74) is 1.47. The molecule has 0 aromatic heterocycles. The lowest BCUT2D eigenvalue weighted by Gasteiger charge is -2.09. The third-order valence-corrected chi connectivity index (χ3v) is 3.41. The molecule has 6 nitrogen and oxygen atoms in total. The number of rotatable bonds is 6. The van der Waals surface area contributed by atoms with Gasteiger partial charge in [-0.25, -0.2) is 0 Å². The maximum absolute atomic E-state index is 12.2. The smallest absolute Gasteiger partial charge is 0.308 e. The zero-order valence-electron chi connectivity index (χ0n) is 14.5. The number of ether oxygens (including phenoxy) is 2. The van der Waals surface area contributed by atoms with E-state index in [1.807, 2.05) is 36.4 Å². The molecule has 0 aliphatic heterocycles. The molecule has 26 heavy (non-hydrogen) atoms. The summed E-state index contributed by atoms with van der Waals surface area (Å²) in [4.78, 5) is 23.3. The van der Waals surface area contributed by atoms with Crippen LogP contribution in [-0.4, -0.2) is 19.0 Å². The van der Waals surface area contributed by atoms with Gasteiger partial charge in [0.25, 0.3) is 5.91 Å². The highest BCUT2D eigenvalue weighted by Crippen LogP contribution is 2.29. The molecule has 0 spiro atoms. The third-order valence-electron chi connectivity index (χ3n) is 3.41. The van der Waals surface area contributed by atoms with Crippen molar-refractivity contribution in [3.63, 3.8) is 0 Å². The summed E-state index contributed by atoms with van der Waals surface area (Å²) in [6, 6.07) is 16.1. The normalized spacial score (nSPS) is 10.6. The highest BCUT2D eigenvalue weighted by atomic mass is 16.6. The van der Waals surface area contributed by atoms with Crippen molar-refractivity contribution in [2.75, 3.05) is 7.11 Å². The number of methoxy groups -OCH3 is 1. The largest absolute Gasteiger partial charge is 0.493 e. The first-order chi connectivity index (χ1) is 12.5. The second-order valence-corrected chi connectivity index (χ2v) is 5.34. The SMILES string of the molecule is COc1cc(/C=C(\C#N)C(=O)NCc2ccccc2)ccc1OC(C)=O. The van der Waals surface area contributed by atoms with Gasteiger partial charge in [-0.2, -0.15) is 5.26 Å². The highest BCUT2D eigenvalue weighted by Gasteiger charge is 2.11. The molecule has 0 heterocycles. The Bertz CT molecular complexity index is 867. The van der Waals surface area contributed by atoms with Crippen molar-refractivity contribution in [3.05, 3.63) is 65.2 Å². The van der Waals surface area contributed by atoms with Crippen LogP contribution in [0.25, 0.3) is 6.08 Å². The number of hydrogen-bond acceptors (Lipinski definition) is 5. The molecule has 0 fully saturated rings. The maximum Gasteiger partial charge on any atom is 0.308 e. The van der Waals surface area contributed by atoms with Crippen molar-refractivity contribution in [3.8, 4) is 17.6 Å². The van der Waals surface area contributed by atoms with E-state index in [0.29, 0.717) is 17.9 Å². The van der Waals surface area contributed by atoms with Gasteiger partial charge in [0, 0.05) is 13.5 Å². The quantitative estimate of drug-likeness (QED) is 0.374. The fourth-order valence-corrected chi connectivity index (χ4v) is 2.20. The Kier molecular flexibility index (Phi) is 6.52. The van der Waals surface area contributed by atoms with E-state index < -0.39 is 11.9 Å². The number of nitrogens with zero attached hydrogens (tertiary/aromatic N) is 1. The van der Waals surface area contributed by atoms with Crippen LogP contribution >= 0.6 is 0 Å². The van der Waals surface area contributed by atoms with Crippen molar-refractivity contribution in [2.24, 2.45) is 0 Å². The Hall–Kier alpha value is -3.59. The van der Waals surface area contributed by atoms with E-state index in [1.54, 1.807) is 18.2 Å². The zero-order chi connectivity index (χ0) is 18.9. The van der Waals surface area contributed by atoms with Gasteiger partial charge in [0.05, 0.1) is 7.11 Å². The third kappa shape index (κ3) is 5.21. The van der Waals surface area contributed by atoms with Crippen LogP contribution in [0, 0.1) is 11.3 Å².